The van der Waals surface area contributed by atoms with Crippen LogP contribution in [0.1, 0.15) is 41.0 Å². The molecule has 0 unspecified atom stereocenters. The summed E-state index contributed by atoms with van der Waals surface area (Å²) in [6, 6.07) is 0. The van der Waals surface area contributed by atoms with E-state index in [2.05, 4.69) is 31.4 Å². The van der Waals surface area contributed by atoms with Gasteiger partial charge in [-0.15, -0.1) is 12.6 Å². The molecule has 0 bridgehead atoms. The summed E-state index contributed by atoms with van der Waals surface area (Å²) in [4.78, 5) is 2.19. The smallest absolute Gasteiger partial charge is 1.00 e. The first-order chi connectivity index (χ1) is 5.72. The number of hydrogen-bond acceptors (Lipinski definition) is 1. The van der Waals surface area contributed by atoms with Crippen LogP contribution in [0.15, 0.2) is 0 Å². The molecule has 0 atom stereocenters. The van der Waals surface area contributed by atoms with E-state index < -0.39 is 0 Å². The molecule has 0 aromatic heterocycles. The van der Waals surface area contributed by atoms with Gasteiger partial charge in [0, 0.05) is 13.1 Å². The molecule has 0 spiro atoms. The first-order valence-electron chi connectivity index (χ1n) is 4.70. The maximum atomic E-state index is 5.03. The third-order valence-electron chi connectivity index (χ3n) is 1.83. The van der Waals surface area contributed by atoms with Crippen molar-refractivity contribution in [1.29, 1.82) is 0 Å². The largest absolute Gasteiger partial charge is 1.00 e. The van der Waals surface area contributed by atoms with Crippen molar-refractivity contribution in [2.24, 2.45) is 0 Å². The van der Waals surface area contributed by atoms with Gasteiger partial charge in [-0.2, -0.15) is 0 Å². The number of thiol groups is 1. The zero-order valence-corrected chi connectivity index (χ0v) is 13.9. The fourth-order valence-corrected chi connectivity index (χ4v) is 1.38. The summed E-state index contributed by atoms with van der Waals surface area (Å²) in [6.45, 7) is 6.52. The summed E-state index contributed by atoms with van der Waals surface area (Å²) >= 11 is 9.23. The number of hydrogen-bond donors (Lipinski definition) is 1. The van der Waals surface area contributed by atoms with Crippen molar-refractivity contribution in [2.45, 2.75) is 39.5 Å². The van der Waals surface area contributed by atoms with Crippen LogP contribution in [0.2, 0.25) is 0 Å². The third-order valence-corrected chi connectivity index (χ3v) is 2.37. The molecule has 0 radical (unpaired) electrons. The van der Waals surface area contributed by atoms with Gasteiger partial charge in [0.1, 0.15) is 4.32 Å². The quantitative estimate of drug-likeness (QED) is 0.405. The molecule has 0 aliphatic carbocycles. The van der Waals surface area contributed by atoms with Gasteiger partial charge in [0.15, 0.2) is 0 Å². The summed E-state index contributed by atoms with van der Waals surface area (Å²) in [6.07, 6.45) is 4.87. The summed E-state index contributed by atoms with van der Waals surface area (Å²) < 4.78 is 0.747. The molecule has 0 saturated heterocycles. The Bertz CT molecular complexity index is 128. The molecule has 13 heavy (non-hydrogen) atoms. The van der Waals surface area contributed by atoms with E-state index in [-0.39, 0.29) is 52.8 Å². The van der Waals surface area contributed by atoms with E-state index in [1.54, 1.807) is 0 Å². The molecule has 0 N–H and O–H groups in total. The predicted molar refractivity (Wildman–Crippen MR) is 64.1 cm³/mol. The standard InChI is InChI=1S/C9H19NS2.K.H/c1-3-5-7-10(9(11)12)8-6-4-2;;/h3-8H2,1-2H3,(H,11,12);;/q;+1;-1. The van der Waals surface area contributed by atoms with Gasteiger partial charge in [0.2, 0.25) is 0 Å². The molecule has 0 aromatic carbocycles. The van der Waals surface area contributed by atoms with Gasteiger partial charge in [-0.25, -0.2) is 0 Å². The Hall–Kier alpha value is 1.88. The first-order valence-corrected chi connectivity index (χ1v) is 5.55. The average Bonchev–Trinajstić information content (AvgIpc) is 2.04. The second-order valence-corrected chi connectivity index (χ2v) is 4.09. The summed E-state index contributed by atoms with van der Waals surface area (Å²) in [5.74, 6) is 0. The molecule has 0 aliphatic rings. The van der Waals surface area contributed by atoms with E-state index in [1.807, 2.05) is 0 Å². The van der Waals surface area contributed by atoms with E-state index in [0.717, 1.165) is 17.4 Å². The van der Waals surface area contributed by atoms with Crippen molar-refractivity contribution in [3.8, 4) is 0 Å². The van der Waals surface area contributed by atoms with Crippen LogP contribution < -0.4 is 51.4 Å². The van der Waals surface area contributed by atoms with Gasteiger partial charge >= 0.3 is 51.4 Å². The molecule has 1 nitrogen and oxygen atoms in total. The van der Waals surface area contributed by atoms with Gasteiger partial charge in [-0.05, 0) is 12.8 Å². The summed E-state index contributed by atoms with van der Waals surface area (Å²) in [5.41, 5.74) is 0. The van der Waals surface area contributed by atoms with Crippen molar-refractivity contribution in [1.82, 2.24) is 4.90 Å². The van der Waals surface area contributed by atoms with Crippen molar-refractivity contribution in [2.75, 3.05) is 13.1 Å². The molecular weight excluding hydrogens is 225 g/mol. The predicted octanol–water partition coefficient (Wildman–Crippen LogP) is 0.220. The molecule has 0 rings (SSSR count). The van der Waals surface area contributed by atoms with E-state index in [9.17, 15) is 0 Å². The van der Waals surface area contributed by atoms with Crippen LogP contribution in [0.3, 0.4) is 0 Å². The van der Waals surface area contributed by atoms with Crippen LogP contribution in [0, 0.1) is 0 Å². The van der Waals surface area contributed by atoms with E-state index in [1.165, 1.54) is 25.7 Å². The molecule has 0 fully saturated rings. The van der Waals surface area contributed by atoms with E-state index >= 15 is 0 Å². The normalized spacial score (nSPS) is 9.15. The molecule has 0 saturated carbocycles. The van der Waals surface area contributed by atoms with Gasteiger partial charge in [0.05, 0.1) is 0 Å². The second kappa shape index (κ2) is 11.9. The number of thiocarbonyl (C=S) groups is 1. The second-order valence-electron chi connectivity index (χ2n) is 2.98. The average molecular weight is 245 g/mol. The van der Waals surface area contributed by atoms with Crippen molar-refractivity contribution >= 4 is 29.2 Å². The van der Waals surface area contributed by atoms with Crippen LogP contribution in [0.4, 0.5) is 0 Å². The molecule has 4 heteroatoms. The first kappa shape index (κ1) is 17.3. The number of rotatable bonds is 6. The Kier molecular flexibility index (Phi) is 15.9. The summed E-state index contributed by atoms with van der Waals surface area (Å²) in [5, 5.41) is 0. The Labute approximate surface area is 137 Å². The maximum absolute atomic E-state index is 5.03. The zero-order valence-electron chi connectivity index (χ0n) is 10.0. The van der Waals surface area contributed by atoms with Crippen molar-refractivity contribution in [3.63, 3.8) is 0 Å². The molecule has 0 aromatic rings. The van der Waals surface area contributed by atoms with Gasteiger partial charge < -0.3 is 6.33 Å². The Morgan fingerprint density at radius 2 is 1.62 bits per heavy atom. The topological polar surface area (TPSA) is 3.24 Å². The van der Waals surface area contributed by atoms with Gasteiger partial charge in [-0.1, -0.05) is 38.9 Å². The Balaban J connectivity index is -0.000000605. The van der Waals surface area contributed by atoms with E-state index in [0.29, 0.717) is 0 Å². The maximum Gasteiger partial charge on any atom is 1.00 e. The van der Waals surface area contributed by atoms with E-state index in [4.69, 9.17) is 12.2 Å². The van der Waals surface area contributed by atoms with Crippen molar-refractivity contribution in [3.05, 3.63) is 0 Å². The fraction of sp³-hybridized carbons (Fsp3) is 0.889. The van der Waals surface area contributed by atoms with Crippen LogP contribution in [-0.4, -0.2) is 22.3 Å². The fourth-order valence-electron chi connectivity index (χ4n) is 1.00. The van der Waals surface area contributed by atoms with Crippen molar-refractivity contribution < 1.29 is 52.8 Å². The van der Waals surface area contributed by atoms with Gasteiger partial charge in [-0.3, -0.25) is 0 Å². The van der Waals surface area contributed by atoms with Crippen LogP contribution in [-0.2, 0) is 0 Å². The van der Waals surface area contributed by atoms with Crippen LogP contribution in [0.25, 0.3) is 0 Å². The molecule has 0 aliphatic heterocycles. The summed E-state index contributed by atoms with van der Waals surface area (Å²) in [7, 11) is 0. The molecule has 0 amide bonds. The van der Waals surface area contributed by atoms with Gasteiger partial charge in [0.25, 0.3) is 0 Å². The van der Waals surface area contributed by atoms with Crippen LogP contribution >= 0.6 is 24.8 Å². The molecule has 74 valence electrons. The minimum Gasteiger partial charge on any atom is -1.00 e. The SMILES string of the molecule is CCCCN(CCCC)C(=S)S.[H-].[K+]. The molecule has 0 heterocycles. The minimum atomic E-state index is 0. The molecular formula is C9H20KNS2. The zero-order chi connectivity index (χ0) is 9.40. The van der Waals surface area contributed by atoms with Crippen LogP contribution in [0.5, 0.6) is 0 Å². The monoisotopic (exact) mass is 245 g/mol. The Morgan fingerprint density at radius 1 is 1.23 bits per heavy atom. The third kappa shape index (κ3) is 10.2. The number of nitrogens with zero attached hydrogens (tertiary/aromatic N) is 1. The Morgan fingerprint density at radius 3 is 1.85 bits per heavy atom. The minimum absolute atomic E-state index is 0. The number of unbranched alkanes of at least 4 members (excludes halogenated alkanes) is 2.